The van der Waals surface area contributed by atoms with Crippen molar-refractivity contribution >= 4 is 5.97 Å². The summed E-state index contributed by atoms with van der Waals surface area (Å²) in [5, 5.41) is 9.04. The van der Waals surface area contributed by atoms with E-state index >= 15 is 0 Å². The van der Waals surface area contributed by atoms with Crippen molar-refractivity contribution in [3.05, 3.63) is 35.9 Å². The molecule has 0 unspecified atom stereocenters. The van der Waals surface area contributed by atoms with Gasteiger partial charge in [0.15, 0.2) is 0 Å². The van der Waals surface area contributed by atoms with Crippen LogP contribution in [-0.2, 0) is 11.2 Å². The van der Waals surface area contributed by atoms with Gasteiger partial charge in [0.05, 0.1) is 0 Å². The summed E-state index contributed by atoms with van der Waals surface area (Å²) in [6, 6.07) is 10.3. The highest BCUT2D eigenvalue weighted by molar-refractivity contribution is 5.79. The second-order valence-corrected chi connectivity index (χ2v) is 5.08. The Hall–Kier alpha value is -1.39. The average Bonchev–Trinajstić information content (AvgIpc) is 2.74. The maximum Gasteiger partial charge on any atom is 0.325 e. The van der Waals surface area contributed by atoms with Crippen LogP contribution >= 0.6 is 0 Å². The summed E-state index contributed by atoms with van der Waals surface area (Å²) in [7, 11) is 0. The molecular formula is C14H20N2O2. The summed E-state index contributed by atoms with van der Waals surface area (Å²) in [6.07, 6.45) is 2.62. The van der Waals surface area contributed by atoms with Crippen LogP contribution in [0.5, 0.6) is 0 Å². The van der Waals surface area contributed by atoms with Gasteiger partial charge in [0.1, 0.15) is 5.54 Å². The molecule has 1 aromatic carbocycles. The van der Waals surface area contributed by atoms with Crippen molar-refractivity contribution in [3.63, 3.8) is 0 Å². The monoisotopic (exact) mass is 248 g/mol. The van der Waals surface area contributed by atoms with Crippen LogP contribution in [0.25, 0.3) is 0 Å². The van der Waals surface area contributed by atoms with E-state index in [1.807, 2.05) is 18.2 Å². The Morgan fingerprint density at radius 1 is 1.39 bits per heavy atom. The fourth-order valence-electron chi connectivity index (χ4n) is 2.43. The third kappa shape index (κ3) is 3.09. The van der Waals surface area contributed by atoms with Crippen LogP contribution in [0.15, 0.2) is 30.3 Å². The molecule has 0 spiro atoms. The van der Waals surface area contributed by atoms with Crippen LogP contribution in [0, 0.1) is 0 Å². The van der Waals surface area contributed by atoms with Gasteiger partial charge in [0.2, 0.25) is 0 Å². The summed E-state index contributed by atoms with van der Waals surface area (Å²) in [6.45, 7) is 2.18. The molecule has 1 atom stereocenters. The van der Waals surface area contributed by atoms with Crippen molar-refractivity contribution in [2.75, 3.05) is 19.6 Å². The molecule has 1 aliphatic rings. The van der Waals surface area contributed by atoms with E-state index in [1.165, 1.54) is 5.56 Å². The molecule has 18 heavy (non-hydrogen) atoms. The second kappa shape index (κ2) is 5.50. The number of benzene rings is 1. The maximum atomic E-state index is 11.0. The first-order chi connectivity index (χ1) is 8.60. The molecule has 4 nitrogen and oxygen atoms in total. The Morgan fingerprint density at radius 2 is 2.11 bits per heavy atom. The lowest BCUT2D eigenvalue weighted by molar-refractivity contribution is -0.142. The van der Waals surface area contributed by atoms with Crippen LogP contribution in [0.1, 0.15) is 18.4 Å². The Bertz CT molecular complexity index is 408. The second-order valence-electron chi connectivity index (χ2n) is 5.08. The number of rotatable bonds is 5. The van der Waals surface area contributed by atoms with E-state index in [1.54, 1.807) is 0 Å². The van der Waals surface area contributed by atoms with E-state index in [0.717, 1.165) is 25.9 Å². The minimum absolute atomic E-state index is 0.469. The van der Waals surface area contributed by atoms with Crippen LogP contribution in [0.2, 0.25) is 0 Å². The number of carboxylic acid groups (broad SMARTS) is 1. The van der Waals surface area contributed by atoms with Gasteiger partial charge >= 0.3 is 5.97 Å². The molecule has 2 rings (SSSR count). The lowest BCUT2D eigenvalue weighted by Crippen LogP contribution is -2.50. The average molecular weight is 248 g/mol. The van der Waals surface area contributed by atoms with Crippen LogP contribution in [0.3, 0.4) is 0 Å². The Balaban J connectivity index is 1.74. The maximum absolute atomic E-state index is 11.0. The van der Waals surface area contributed by atoms with Crippen molar-refractivity contribution in [2.24, 2.45) is 5.73 Å². The van der Waals surface area contributed by atoms with Gasteiger partial charge < -0.3 is 15.7 Å². The fraction of sp³-hybridized carbons (Fsp3) is 0.500. The molecule has 1 saturated heterocycles. The van der Waals surface area contributed by atoms with Crippen LogP contribution in [0.4, 0.5) is 0 Å². The third-order valence-electron chi connectivity index (χ3n) is 3.59. The first-order valence-corrected chi connectivity index (χ1v) is 6.39. The lowest BCUT2D eigenvalue weighted by Gasteiger charge is -2.19. The molecule has 0 aromatic heterocycles. The van der Waals surface area contributed by atoms with E-state index in [9.17, 15) is 4.79 Å². The summed E-state index contributed by atoms with van der Waals surface area (Å²) >= 11 is 0. The number of aryl methyl sites for hydroxylation is 1. The quantitative estimate of drug-likeness (QED) is 0.819. The Kier molecular flexibility index (Phi) is 3.99. The van der Waals surface area contributed by atoms with Gasteiger partial charge in [-0.05, 0) is 31.4 Å². The number of nitrogens with two attached hydrogens (primary N) is 1. The molecule has 0 aliphatic carbocycles. The molecule has 3 N–H and O–H groups in total. The van der Waals surface area contributed by atoms with Gasteiger partial charge in [-0.3, -0.25) is 4.79 Å². The zero-order valence-electron chi connectivity index (χ0n) is 10.5. The minimum atomic E-state index is -1.03. The number of nitrogens with zero attached hydrogens (tertiary/aromatic N) is 1. The summed E-state index contributed by atoms with van der Waals surface area (Å²) in [5.74, 6) is -0.881. The van der Waals surface area contributed by atoms with Gasteiger partial charge in [0.25, 0.3) is 0 Å². The van der Waals surface area contributed by atoms with Crippen LogP contribution < -0.4 is 5.73 Å². The number of carboxylic acids is 1. The van der Waals surface area contributed by atoms with Gasteiger partial charge in [-0.25, -0.2) is 0 Å². The minimum Gasteiger partial charge on any atom is -0.480 e. The normalized spacial score (nSPS) is 24.3. The van der Waals surface area contributed by atoms with Crippen LogP contribution in [-0.4, -0.2) is 41.1 Å². The predicted molar refractivity (Wildman–Crippen MR) is 70.4 cm³/mol. The largest absolute Gasteiger partial charge is 0.480 e. The molecule has 98 valence electrons. The highest BCUT2D eigenvalue weighted by Crippen LogP contribution is 2.19. The molecule has 1 aromatic rings. The molecule has 1 heterocycles. The number of hydrogen-bond donors (Lipinski definition) is 2. The number of aliphatic carboxylic acids is 1. The molecule has 0 radical (unpaired) electrons. The topological polar surface area (TPSA) is 66.6 Å². The van der Waals surface area contributed by atoms with E-state index < -0.39 is 11.5 Å². The van der Waals surface area contributed by atoms with Crippen molar-refractivity contribution in [1.82, 2.24) is 4.90 Å². The van der Waals surface area contributed by atoms with Crippen molar-refractivity contribution < 1.29 is 9.90 Å². The summed E-state index contributed by atoms with van der Waals surface area (Å²) in [5.41, 5.74) is 6.13. The van der Waals surface area contributed by atoms with Crippen molar-refractivity contribution in [1.29, 1.82) is 0 Å². The number of likely N-dealkylation sites (tertiary alicyclic amines) is 1. The fourth-order valence-corrected chi connectivity index (χ4v) is 2.43. The van der Waals surface area contributed by atoms with Crippen molar-refractivity contribution in [3.8, 4) is 0 Å². The predicted octanol–water partition coefficient (Wildman–Crippen LogP) is 1.11. The molecule has 0 amide bonds. The molecular weight excluding hydrogens is 228 g/mol. The highest BCUT2D eigenvalue weighted by atomic mass is 16.4. The smallest absolute Gasteiger partial charge is 0.325 e. The van der Waals surface area contributed by atoms with E-state index in [0.29, 0.717) is 13.0 Å². The van der Waals surface area contributed by atoms with Gasteiger partial charge in [-0.2, -0.15) is 0 Å². The standard InChI is InChI=1S/C14H20N2O2/c15-14(13(17)18)8-10-16(11-14)9-4-7-12-5-2-1-3-6-12/h1-3,5-6H,4,7-11,15H2,(H,17,18)/t14-/m0/s1. The van der Waals surface area contributed by atoms with Gasteiger partial charge in [-0.15, -0.1) is 0 Å². The Morgan fingerprint density at radius 3 is 2.72 bits per heavy atom. The lowest BCUT2D eigenvalue weighted by atomic mass is 10.0. The number of hydrogen-bond acceptors (Lipinski definition) is 3. The molecule has 1 fully saturated rings. The summed E-state index contributed by atoms with van der Waals surface area (Å²) in [4.78, 5) is 13.2. The van der Waals surface area contributed by atoms with E-state index in [4.69, 9.17) is 10.8 Å². The van der Waals surface area contributed by atoms with Gasteiger partial charge in [0, 0.05) is 13.1 Å². The summed E-state index contributed by atoms with van der Waals surface area (Å²) < 4.78 is 0. The molecule has 4 heteroatoms. The van der Waals surface area contributed by atoms with Gasteiger partial charge in [-0.1, -0.05) is 30.3 Å². The number of carbonyl (C=O) groups is 1. The Labute approximate surface area is 107 Å². The first-order valence-electron chi connectivity index (χ1n) is 6.39. The van der Waals surface area contributed by atoms with Crippen molar-refractivity contribution in [2.45, 2.75) is 24.8 Å². The van der Waals surface area contributed by atoms with E-state index in [2.05, 4.69) is 17.0 Å². The zero-order chi connectivity index (χ0) is 13.0. The third-order valence-corrected chi connectivity index (χ3v) is 3.59. The zero-order valence-corrected chi connectivity index (χ0v) is 10.5. The molecule has 1 aliphatic heterocycles. The van der Waals surface area contributed by atoms with E-state index in [-0.39, 0.29) is 0 Å². The first kappa shape index (κ1) is 13.1. The SMILES string of the molecule is N[C@@]1(C(=O)O)CCN(CCCc2ccccc2)C1. The molecule has 0 saturated carbocycles. The highest BCUT2D eigenvalue weighted by Gasteiger charge is 2.40. The molecule has 0 bridgehead atoms.